The van der Waals surface area contributed by atoms with E-state index in [-0.39, 0.29) is 18.6 Å². The van der Waals surface area contributed by atoms with Crippen molar-refractivity contribution >= 4 is 17.6 Å². The molecule has 1 aromatic rings. The SMILES string of the molecule is COC(=O)C(C)(C)COc1ccc(CC(C)N)cc1Cl. The van der Waals surface area contributed by atoms with Crippen LogP contribution in [0.25, 0.3) is 0 Å². The zero-order valence-corrected chi connectivity index (χ0v) is 13.2. The molecule has 0 saturated carbocycles. The second kappa shape index (κ2) is 6.95. The summed E-state index contributed by atoms with van der Waals surface area (Å²) < 4.78 is 10.4. The third kappa shape index (κ3) is 4.69. The van der Waals surface area contributed by atoms with Crippen LogP contribution >= 0.6 is 11.6 Å². The number of benzene rings is 1. The van der Waals surface area contributed by atoms with E-state index >= 15 is 0 Å². The molecule has 0 spiro atoms. The van der Waals surface area contributed by atoms with Crippen molar-refractivity contribution in [3.63, 3.8) is 0 Å². The molecule has 0 heterocycles. The fourth-order valence-electron chi connectivity index (χ4n) is 1.75. The van der Waals surface area contributed by atoms with Gasteiger partial charge in [0.2, 0.25) is 0 Å². The number of hydrogen-bond donors (Lipinski definition) is 1. The normalized spacial score (nSPS) is 12.9. The van der Waals surface area contributed by atoms with Gasteiger partial charge >= 0.3 is 5.97 Å². The van der Waals surface area contributed by atoms with Gasteiger partial charge in [0, 0.05) is 6.04 Å². The first-order chi connectivity index (χ1) is 9.26. The number of esters is 1. The maximum Gasteiger partial charge on any atom is 0.314 e. The predicted molar refractivity (Wildman–Crippen MR) is 80.1 cm³/mol. The summed E-state index contributed by atoms with van der Waals surface area (Å²) in [4.78, 5) is 11.6. The average Bonchev–Trinajstić information content (AvgIpc) is 2.36. The number of rotatable bonds is 6. The molecule has 0 aliphatic rings. The highest BCUT2D eigenvalue weighted by Crippen LogP contribution is 2.28. The van der Waals surface area contributed by atoms with Crippen LogP contribution in [0.1, 0.15) is 26.3 Å². The smallest absolute Gasteiger partial charge is 0.314 e. The van der Waals surface area contributed by atoms with E-state index in [4.69, 9.17) is 26.8 Å². The lowest BCUT2D eigenvalue weighted by molar-refractivity contribution is -0.152. The first kappa shape index (κ1) is 16.8. The van der Waals surface area contributed by atoms with Crippen molar-refractivity contribution in [2.24, 2.45) is 11.1 Å². The van der Waals surface area contributed by atoms with Crippen LogP contribution in [0, 0.1) is 5.41 Å². The first-order valence-electron chi connectivity index (χ1n) is 6.51. The van der Waals surface area contributed by atoms with E-state index < -0.39 is 5.41 Å². The van der Waals surface area contributed by atoms with Crippen molar-refractivity contribution in [2.75, 3.05) is 13.7 Å². The maximum atomic E-state index is 11.6. The molecule has 4 nitrogen and oxygen atoms in total. The summed E-state index contributed by atoms with van der Waals surface area (Å²) in [5, 5.41) is 0.517. The van der Waals surface area contributed by atoms with E-state index in [0.717, 1.165) is 12.0 Å². The van der Waals surface area contributed by atoms with Crippen LogP contribution in [-0.4, -0.2) is 25.7 Å². The highest BCUT2D eigenvalue weighted by molar-refractivity contribution is 6.32. The van der Waals surface area contributed by atoms with Gasteiger partial charge in [-0.15, -0.1) is 0 Å². The van der Waals surface area contributed by atoms with Gasteiger partial charge in [0.05, 0.1) is 17.5 Å². The third-order valence-corrected chi connectivity index (χ3v) is 3.18. The van der Waals surface area contributed by atoms with Crippen molar-refractivity contribution in [1.82, 2.24) is 0 Å². The summed E-state index contributed by atoms with van der Waals surface area (Å²) in [6, 6.07) is 5.64. The van der Waals surface area contributed by atoms with Gasteiger partial charge in [-0.3, -0.25) is 4.79 Å². The van der Waals surface area contributed by atoms with Crippen LogP contribution < -0.4 is 10.5 Å². The van der Waals surface area contributed by atoms with E-state index in [2.05, 4.69) is 0 Å². The van der Waals surface area contributed by atoms with Crippen molar-refractivity contribution in [3.05, 3.63) is 28.8 Å². The van der Waals surface area contributed by atoms with Crippen LogP contribution in [0.3, 0.4) is 0 Å². The summed E-state index contributed by atoms with van der Waals surface area (Å²) in [5.74, 6) is 0.235. The molecule has 0 aromatic heterocycles. The molecule has 5 heteroatoms. The molecule has 0 aliphatic heterocycles. The van der Waals surface area contributed by atoms with Crippen molar-refractivity contribution in [1.29, 1.82) is 0 Å². The Morgan fingerprint density at radius 1 is 1.45 bits per heavy atom. The molecule has 0 radical (unpaired) electrons. The van der Waals surface area contributed by atoms with Crippen LogP contribution in [0.2, 0.25) is 5.02 Å². The molecule has 1 unspecified atom stereocenters. The highest BCUT2D eigenvalue weighted by Gasteiger charge is 2.30. The molecule has 20 heavy (non-hydrogen) atoms. The fourth-order valence-corrected chi connectivity index (χ4v) is 2.01. The Morgan fingerprint density at radius 3 is 2.60 bits per heavy atom. The number of carbonyl (C=O) groups is 1. The monoisotopic (exact) mass is 299 g/mol. The number of ether oxygens (including phenoxy) is 2. The molecule has 1 rings (SSSR count). The molecule has 0 aliphatic carbocycles. The highest BCUT2D eigenvalue weighted by atomic mass is 35.5. The summed E-state index contributed by atoms with van der Waals surface area (Å²) in [6.45, 7) is 5.66. The molecule has 1 atom stereocenters. The Labute approximate surface area is 125 Å². The van der Waals surface area contributed by atoms with Gasteiger partial charge in [-0.2, -0.15) is 0 Å². The summed E-state index contributed by atoms with van der Waals surface area (Å²) in [6.07, 6.45) is 0.758. The lowest BCUT2D eigenvalue weighted by Crippen LogP contribution is -2.32. The third-order valence-electron chi connectivity index (χ3n) is 2.88. The fraction of sp³-hybridized carbons (Fsp3) is 0.533. The molecule has 0 saturated heterocycles. The van der Waals surface area contributed by atoms with E-state index in [9.17, 15) is 4.79 Å². The minimum atomic E-state index is -0.720. The van der Waals surface area contributed by atoms with Crippen molar-refractivity contribution in [3.8, 4) is 5.75 Å². The minimum Gasteiger partial charge on any atom is -0.491 e. The van der Waals surface area contributed by atoms with Crippen LogP contribution in [-0.2, 0) is 16.0 Å². The summed E-state index contributed by atoms with van der Waals surface area (Å²) in [7, 11) is 1.36. The van der Waals surface area contributed by atoms with Crippen LogP contribution in [0.4, 0.5) is 0 Å². The summed E-state index contributed by atoms with van der Waals surface area (Å²) >= 11 is 6.17. The topological polar surface area (TPSA) is 61.5 Å². The van der Waals surface area contributed by atoms with Gasteiger partial charge < -0.3 is 15.2 Å². The van der Waals surface area contributed by atoms with Crippen LogP contribution in [0.5, 0.6) is 5.75 Å². The van der Waals surface area contributed by atoms with E-state index in [0.29, 0.717) is 10.8 Å². The molecule has 0 bridgehead atoms. The largest absolute Gasteiger partial charge is 0.491 e. The van der Waals surface area contributed by atoms with Crippen LogP contribution in [0.15, 0.2) is 18.2 Å². The van der Waals surface area contributed by atoms with E-state index in [1.54, 1.807) is 19.9 Å². The van der Waals surface area contributed by atoms with Gasteiger partial charge in [-0.05, 0) is 44.9 Å². The number of methoxy groups -OCH3 is 1. The molecule has 2 N–H and O–H groups in total. The predicted octanol–water partition coefficient (Wildman–Crippen LogP) is 2.81. The Balaban J connectivity index is 2.72. The van der Waals surface area contributed by atoms with E-state index in [1.165, 1.54) is 7.11 Å². The minimum absolute atomic E-state index is 0.0797. The number of nitrogens with two attached hydrogens (primary N) is 1. The van der Waals surface area contributed by atoms with Crippen molar-refractivity contribution in [2.45, 2.75) is 33.2 Å². The standard InChI is InChI=1S/C15H22ClNO3/c1-10(17)7-11-5-6-13(12(16)8-11)20-9-15(2,3)14(18)19-4/h5-6,8,10H,7,9,17H2,1-4H3. The molecular weight excluding hydrogens is 278 g/mol. The van der Waals surface area contributed by atoms with Crippen molar-refractivity contribution < 1.29 is 14.3 Å². The summed E-state index contributed by atoms with van der Waals surface area (Å²) in [5.41, 5.74) is 6.09. The number of halogens is 1. The zero-order chi connectivity index (χ0) is 15.3. The van der Waals surface area contributed by atoms with Gasteiger partial charge in [0.15, 0.2) is 0 Å². The maximum absolute atomic E-state index is 11.6. The zero-order valence-electron chi connectivity index (χ0n) is 12.4. The second-order valence-electron chi connectivity index (χ2n) is 5.61. The van der Waals surface area contributed by atoms with Gasteiger partial charge in [-0.1, -0.05) is 17.7 Å². The first-order valence-corrected chi connectivity index (χ1v) is 6.89. The quantitative estimate of drug-likeness (QED) is 0.821. The van der Waals surface area contributed by atoms with Gasteiger partial charge in [0.1, 0.15) is 12.4 Å². The molecule has 112 valence electrons. The Morgan fingerprint density at radius 2 is 2.10 bits per heavy atom. The lowest BCUT2D eigenvalue weighted by atomic mass is 9.95. The van der Waals surface area contributed by atoms with Gasteiger partial charge in [-0.25, -0.2) is 0 Å². The molecule has 1 aromatic carbocycles. The molecular formula is C15H22ClNO3. The molecule has 0 amide bonds. The number of hydrogen-bond acceptors (Lipinski definition) is 4. The lowest BCUT2D eigenvalue weighted by Gasteiger charge is -2.22. The van der Waals surface area contributed by atoms with E-state index in [1.807, 2.05) is 19.1 Å². The Hall–Kier alpha value is -1.26. The average molecular weight is 300 g/mol. The van der Waals surface area contributed by atoms with Gasteiger partial charge in [0.25, 0.3) is 0 Å². The number of carbonyl (C=O) groups excluding carboxylic acids is 1. The Bertz CT molecular complexity index is 472. The second-order valence-corrected chi connectivity index (χ2v) is 6.02. The Kier molecular flexibility index (Phi) is 5.84. The molecule has 0 fully saturated rings.